The van der Waals surface area contributed by atoms with Gasteiger partial charge >= 0.3 is 0 Å². The van der Waals surface area contributed by atoms with Gasteiger partial charge in [-0.15, -0.1) is 11.3 Å². The van der Waals surface area contributed by atoms with E-state index in [4.69, 9.17) is 4.74 Å². The van der Waals surface area contributed by atoms with Gasteiger partial charge in [-0.05, 0) is 32.2 Å². The molecule has 0 bridgehead atoms. The Hall–Kier alpha value is -1.21. The molecule has 24 heavy (non-hydrogen) atoms. The third kappa shape index (κ3) is 4.45. The van der Waals surface area contributed by atoms with Crippen LogP contribution in [0.3, 0.4) is 0 Å². The molecule has 1 aliphatic heterocycles. The molecule has 1 aliphatic rings. The Morgan fingerprint density at radius 1 is 1.33 bits per heavy atom. The van der Waals surface area contributed by atoms with Crippen molar-refractivity contribution in [1.29, 1.82) is 0 Å². The first-order valence-electron chi connectivity index (χ1n) is 8.64. The lowest BCUT2D eigenvalue weighted by Gasteiger charge is -2.34. The summed E-state index contributed by atoms with van der Waals surface area (Å²) in [6, 6.07) is 4.80. The monoisotopic (exact) mass is 348 g/mol. The van der Waals surface area contributed by atoms with Gasteiger partial charge in [0.1, 0.15) is 0 Å². The van der Waals surface area contributed by atoms with Gasteiger partial charge in [-0.3, -0.25) is 9.58 Å². The van der Waals surface area contributed by atoms with Gasteiger partial charge in [-0.2, -0.15) is 5.10 Å². The summed E-state index contributed by atoms with van der Waals surface area (Å²) in [7, 11) is 0. The topological polar surface area (TPSA) is 42.3 Å². The highest BCUT2D eigenvalue weighted by Gasteiger charge is 2.23. The van der Waals surface area contributed by atoms with Crippen molar-refractivity contribution in [2.75, 3.05) is 32.8 Å². The van der Waals surface area contributed by atoms with Gasteiger partial charge in [0.25, 0.3) is 0 Å². The molecule has 3 heterocycles. The molecule has 0 saturated carbocycles. The standard InChI is InChI=1S/C18H28N4OS/c1-18(2,3)22-14-15(12-20-22)11-19-13-16(17-5-4-10-24-17)21-6-8-23-9-7-21/h4-5,10,12,14,16,19H,6-9,11,13H2,1-3H3/t16-/m0/s1. The summed E-state index contributed by atoms with van der Waals surface area (Å²) >= 11 is 1.84. The minimum Gasteiger partial charge on any atom is -0.379 e. The van der Waals surface area contributed by atoms with Crippen LogP contribution in [0.25, 0.3) is 0 Å². The van der Waals surface area contributed by atoms with Crippen molar-refractivity contribution in [3.8, 4) is 0 Å². The van der Waals surface area contributed by atoms with Crippen molar-refractivity contribution < 1.29 is 4.74 Å². The zero-order valence-electron chi connectivity index (χ0n) is 14.9. The molecule has 132 valence electrons. The molecule has 0 amide bonds. The molecular formula is C18H28N4OS. The van der Waals surface area contributed by atoms with Crippen molar-refractivity contribution in [1.82, 2.24) is 20.0 Å². The fraction of sp³-hybridized carbons (Fsp3) is 0.611. The highest BCUT2D eigenvalue weighted by molar-refractivity contribution is 7.10. The quantitative estimate of drug-likeness (QED) is 0.872. The Balaban J connectivity index is 1.58. The van der Waals surface area contributed by atoms with Gasteiger partial charge < -0.3 is 10.1 Å². The summed E-state index contributed by atoms with van der Waals surface area (Å²) in [5.41, 5.74) is 1.27. The van der Waals surface area contributed by atoms with Gasteiger partial charge in [-0.25, -0.2) is 0 Å². The van der Waals surface area contributed by atoms with E-state index in [1.807, 2.05) is 22.2 Å². The van der Waals surface area contributed by atoms with Crippen LogP contribution in [0.2, 0.25) is 0 Å². The van der Waals surface area contributed by atoms with Crippen LogP contribution >= 0.6 is 11.3 Å². The number of hydrogen-bond acceptors (Lipinski definition) is 5. The van der Waals surface area contributed by atoms with Gasteiger partial charge in [0, 0.05) is 42.8 Å². The van der Waals surface area contributed by atoms with E-state index in [0.29, 0.717) is 6.04 Å². The largest absolute Gasteiger partial charge is 0.379 e. The fourth-order valence-electron chi connectivity index (χ4n) is 2.95. The highest BCUT2D eigenvalue weighted by Crippen LogP contribution is 2.25. The van der Waals surface area contributed by atoms with Crippen molar-refractivity contribution in [2.45, 2.75) is 38.9 Å². The van der Waals surface area contributed by atoms with Crippen molar-refractivity contribution in [2.24, 2.45) is 0 Å². The van der Waals surface area contributed by atoms with E-state index in [2.05, 4.69) is 59.8 Å². The highest BCUT2D eigenvalue weighted by atomic mass is 32.1. The molecule has 1 fully saturated rings. The normalized spacial score (nSPS) is 18.0. The molecule has 0 unspecified atom stereocenters. The van der Waals surface area contributed by atoms with Gasteiger partial charge in [0.2, 0.25) is 0 Å². The van der Waals surface area contributed by atoms with Crippen LogP contribution in [0.4, 0.5) is 0 Å². The number of rotatable bonds is 6. The number of morpholine rings is 1. The van der Waals surface area contributed by atoms with E-state index in [0.717, 1.165) is 39.4 Å². The van der Waals surface area contributed by atoms with Gasteiger partial charge in [-0.1, -0.05) is 6.07 Å². The maximum atomic E-state index is 5.51. The minimum atomic E-state index is 0.0333. The Bertz CT molecular complexity index is 611. The zero-order valence-corrected chi connectivity index (χ0v) is 15.7. The number of nitrogens with one attached hydrogen (secondary N) is 1. The van der Waals surface area contributed by atoms with E-state index >= 15 is 0 Å². The smallest absolute Gasteiger partial charge is 0.0594 e. The van der Waals surface area contributed by atoms with Crippen LogP contribution in [-0.2, 0) is 16.8 Å². The average Bonchev–Trinajstić information content (AvgIpc) is 3.23. The van der Waals surface area contributed by atoms with Gasteiger partial charge in [0.05, 0.1) is 31.0 Å². The Labute approximate surface area is 148 Å². The van der Waals surface area contributed by atoms with E-state index in [1.54, 1.807) is 0 Å². The lowest BCUT2D eigenvalue weighted by atomic mass is 10.1. The number of ether oxygens (including phenoxy) is 1. The summed E-state index contributed by atoms with van der Waals surface area (Å²) in [5.74, 6) is 0. The molecule has 1 atom stereocenters. The second kappa shape index (κ2) is 7.78. The summed E-state index contributed by atoms with van der Waals surface area (Å²) in [6.07, 6.45) is 4.11. The maximum Gasteiger partial charge on any atom is 0.0594 e. The zero-order chi connectivity index (χ0) is 17.0. The molecule has 5 nitrogen and oxygen atoms in total. The molecule has 2 aromatic heterocycles. The van der Waals surface area contributed by atoms with Crippen LogP contribution in [0.15, 0.2) is 29.9 Å². The second-order valence-corrected chi connectivity index (χ2v) is 8.25. The summed E-state index contributed by atoms with van der Waals surface area (Å²) < 4.78 is 7.54. The van der Waals surface area contributed by atoms with Crippen molar-refractivity contribution >= 4 is 11.3 Å². The molecular weight excluding hydrogens is 320 g/mol. The molecule has 6 heteroatoms. The van der Waals surface area contributed by atoms with Crippen LogP contribution in [0.5, 0.6) is 0 Å². The van der Waals surface area contributed by atoms with Crippen molar-refractivity contribution in [3.63, 3.8) is 0 Å². The Morgan fingerprint density at radius 2 is 2.12 bits per heavy atom. The first-order chi connectivity index (χ1) is 11.5. The first kappa shape index (κ1) is 17.6. The molecule has 3 rings (SSSR count). The summed E-state index contributed by atoms with van der Waals surface area (Å²) in [5, 5.41) is 10.3. The molecule has 1 N–H and O–H groups in total. The van der Waals surface area contributed by atoms with Crippen LogP contribution < -0.4 is 5.32 Å². The number of thiophene rings is 1. The average molecular weight is 349 g/mol. The fourth-order valence-corrected chi connectivity index (χ4v) is 3.81. The van der Waals surface area contributed by atoms with Crippen LogP contribution in [-0.4, -0.2) is 47.5 Å². The molecule has 0 spiro atoms. The minimum absolute atomic E-state index is 0.0333. The lowest BCUT2D eigenvalue weighted by molar-refractivity contribution is 0.0168. The van der Waals surface area contributed by atoms with E-state index in [9.17, 15) is 0 Å². The molecule has 0 radical (unpaired) electrons. The van der Waals surface area contributed by atoms with E-state index in [-0.39, 0.29) is 5.54 Å². The SMILES string of the molecule is CC(C)(C)n1cc(CNC[C@@H](c2cccs2)N2CCOCC2)cn1. The van der Waals surface area contributed by atoms with Crippen molar-refractivity contribution in [3.05, 3.63) is 40.3 Å². The molecule has 2 aromatic rings. The number of nitrogens with zero attached hydrogens (tertiary/aromatic N) is 3. The Kier molecular flexibility index (Phi) is 5.71. The number of hydrogen-bond donors (Lipinski definition) is 1. The maximum absolute atomic E-state index is 5.51. The lowest BCUT2D eigenvalue weighted by Crippen LogP contribution is -2.42. The predicted molar refractivity (Wildman–Crippen MR) is 98.4 cm³/mol. The van der Waals surface area contributed by atoms with E-state index < -0.39 is 0 Å². The third-order valence-electron chi connectivity index (χ3n) is 4.35. The second-order valence-electron chi connectivity index (χ2n) is 7.27. The number of aromatic nitrogens is 2. The molecule has 0 aromatic carbocycles. The summed E-state index contributed by atoms with van der Waals surface area (Å²) in [6.45, 7) is 12.0. The third-order valence-corrected chi connectivity index (χ3v) is 5.32. The Morgan fingerprint density at radius 3 is 2.75 bits per heavy atom. The van der Waals surface area contributed by atoms with Gasteiger partial charge in [0.15, 0.2) is 0 Å². The molecule has 0 aliphatic carbocycles. The predicted octanol–water partition coefficient (Wildman–Crippen LogP) is 2.86. The van der Waals surface area contributed by atoms with Crippen LogP contribution in [0.1, 0.15) is 37.3 Å². The molecule has 1 saturated heterocycles. The van der Waals surface area contributed by atoms with E-state index in [1.165, 1.54) is 10.4 Å². The first-order valence-corrected chi connectivity index (χ1v) is 9.52. The van der Waals surface area contributed by atoms with Crippen LogP contribution in [0, 0.1) is 0 Å². The summed E-state index contributed by atoms with van der Waals surface area (Å²) in [4.78, 5) is 3.95.